The van der Waals surface area contributed by atoms with Gasteiger partial charge in [0.1, 0.15) is 5.78 Å². The number of rotatable bonds is 2. The summed E-state index contributed by atoms with van der Waals surface area (Å²) in [6, 6.07) is 6.73. The summed E-state index contributed by atoms with van der Waals surface area (Å²) in [5.74, 6) is 0.770. The standard InChI is InChI=1S/C16H21NO/c1-12-7-8-15-13(10-12)5-3-9-17(15)11-14-4-2-6-16(14)18/h7-8,10,14H,2-6,9,11H2,1H3. The lowest BCUT2D eigenvalue weighted by molar-refractivity contribution is -0.120. The predicted octanol–water partition coefficient (Wildman–Crippen LogP) is 3.12. The number of benzene rings is 1. The quantitative estimate of drug-likeness (QED) is 0.795. The largest absolute Gasteiger partial charge is 0.371 e. The van der Waals surface area contributed by atoms with E-state index in [-0.39, 0.29) is 5.92 Å². The Hall–Kier alpha value is -1.31. The third kappa shape index (κ3) is 2.16. The summed E-state index contributed by atoms with van der Waals surface area (Å²) < 4.78 is 0. The van der Waals surface area contributed by atoms with Crippen LogP contribution in [0.1, 0.15) is 36.8 Å². The highest BCUT2D eigenvalue weighted by Gasteiger charge is 2.28. The lowest BCUT2D eigenvalue weighted by atomic mass is 9.97. The molecule has 0 radical (unpaired) electrons. The molecule has 18 heavy (non-hydrogen) atoms. The number of ketones is 1. The van der Waals surface area contributed by atoms with Crippen LogP contribution in [0.25, 0.3) is 0 Å². The predicted molar refractivity (Wildman–Crippen MR) is 74.1 cm³/mol. The van der Waals surface area contributed by atoms with Gasteiger partial charge in [0, 0.05) is 31.1 Å². The molecule has 1 atom stereocenters. The molecule has 3 rings (SSSR count). The van der Waals surface area contributed by atoms with Crippen molar-refractivity contribution in [3.05, 3.63) is 29.3 Å². The van der Waals surface area contributed by atoms with Crippen molar-refractivity contribution in [2.45, 2.75) is 39.0 Å². The lowest BCUT2D eigenvalue weighted by Crippen LogP contribution is -2.35. The average molecular weight is 243 g/mol. The molecule has 1 aliphatic carbocycles. The van der Waals surface area contributed by atoms with Gasteiger partial charge in [-0.3, -0.25) is 4.79 Å². The van der Waals surface area contributed by atoms with Crippen molar-refractivity contribution in [3.63, 3.8) is 0 Å². The van der Waals surface area contributed by atoms with E-state index in [1.165, 1.54) is 29.7 Å². The minimum atomic E-state index is 0.289. The van der Waals surface area contributed by atoms with Crippen molar-refractivity contribution >= 4 is 11.5 Å². The number of nitrogens with zero attached hydrogens (tertiary/aromatic N) is 1. The number of hydrogen-bond acceptors (Lipinski definition) is 2. The number of fused-ring (bicyclic) bond motifs is 1. The van der Waals surface area contributed by atoms with Crippen molar-refractivity contribution in [1.29, 1.82) is 0 Å². The zero-order valence-electron chi connectivity index (χ0n) is 11.1. The number of aryl methyl sites for hydroxylation is 2. The van der Waals surface area contributed by atoms with Crippen LogP contribution in [-0.4, -0.2) is 18.9 Å². The molecule has 0 bridgehead atoms. The van der Waals surface area contributed by atoms with Gasteiger partial charge in [0.25, 0.3) is 0 Å². The monoisotopic (exact) mass is 243 g/mol. The summed E-state index contributed by atoms with van der Waals surface area (Å²) in [6.07, 6.45) is 5.40. The summed E-state index contributed by atoms with van der Waals surface area (Å²) in [4.78, 5) is 14.2. The van der Waals surface area contributed by atoms with E-state index < -0.39 is 0 Å². The zero-order valence-corrected chi connectivity index (χ0v) is 11.1. The van der Waals surface area contributed by atoms with Gasteiger partial charge in [-0.15, -0.1) is 0 Å². The first-order valence-electron chi connectivity index (χ1n) is 7.11. The third-order valence-corrected chi connectivity index (χ3v) is 4.32. The molecule has 0 N–H and O–H groups in total. The Kier molecular flexibility index (Phi) is 3.11. The molecule has 1 aliphatic heterocycles. The van der Waals surface area contributed by atoms with Crippen LogP contribution in [0.4, 0.5) is 5.69 Å². The number of Topliss-reactive ketones (excluding diaryl/α,β-unsaturated/α-hetero) is 1. The van der Waals surface area contributed by atoms with Crippen LogP contribution in [0.15, 0.2) is 18.2 Å². The Labute approximate surface area is 109 Å². The second kappa shape index (κ2) is 4.75. The minimum absolute atomic E-state index is 0.289. The molecule has 1 aromatic rings. The van der Waals surface area contributed by atoms with Crippen LogP contribution in [0.2, 0.25) is 0 Å². The molecule has 0 saturated heterocycles. The van der Waals surface area contributed by atoms with E-state index in [1.54, 1.807) is 0 Å². The summed E-state index contributed by atoms with van der Waals surface area (Å²) in [5.41, 5.74) is 4.17. The maximum Gasteiger partial charge on any atom is 0.137 e. The topological polar surface area (TPSA) is 20.3 Å². The molecule has 96 valence electrons. The fraction of sp³-hybridized carbons (Fsp3) is 0.562. The van der Waals surface area contributed by atoms with Gasteiger partial charge >= 0.3 is 0 Å². The van der Waals surface area contributed by atoms with Crippen molar-refractivity contribution in [2.75, 3.05) is 18.0 Å². The number of carbonyl (C=O) groups excluding carboxylic acids is 1. The molecule has 0 amide bonds. The van der Waals surface area contributed by atoms with E-state index in [1.807, 2.05) is 0 Å². The fourth-order valence-electron chi connectivity index (χ4n) is 3.34. The second-order valence-electron chi connectivity index (χ2n) is 5.74. The van der Waals surface area contributed by atoms with E-state index >= 15 is 0 Å². The van der Waals surface area contributed by atoms with Crippen molar-refractivity contribution in [2.24, 2.45) is 5.92 Å². The molecule has 0 aromatic heterocycles. The Balaban J connectivity index is 1.80. The molecule has 1 heterocycles. The molecule has 1 fully saturated rings. The smallest absolute Gasteiger partial charge is 0.137 e. The van der Waals surface area contributed by atoms with E-state index in [0.29, 0.717) is 5.78 Å². The summed E-state index contributed by atoms with van der Waals surface area (Å²) in [5, 5.41) is 0. The summed E-state index contributed by atoms with van der Waals surface area (Å²) >= 11 is 0. The van der Waals surface area contributed by atoms with Crippen LogP contribution in [0, 0.1) is 12.8 Å². The van der Waals surface area contributed by atoms with E-state index in [2.05, 4.69) is 30.0 Å². The Morgan fingerprint density at radius 3 is 2.94 bits per heavy atom. The highest BCUT2D eigenvalue weighted by molar-refractivity contribution is 5.83. The summed E-state index contributed by atoms with van der Waals surface area (Å²) in [6.45, 7) is 4.20. The molecular weight excluding hydrogens is 222 g/mol. The molecule has 2 nitrogen and oxygen atoms in total. The van der Waals surface area contributed by atoms with Crippen LogP contribution < -0.4 is 4.90 Å². The van der Waals surface area contributed by atoms with Gasteiger partial charge < -0.3 is 4.90 Å². The van der Waals surface area contributed by atoms with Crippen molar-refractivity contribution < 1.29 is 4.79 Å². The SMILES string of the molecule is Cc1ccc2c(c1)CCCN2CC1CCCC1=O. The van der Waals surface area contributed by atoms with Gasteiger partial charge in [-0.2, -0.15) is 0 Å². The Bertz CT molecular complexity index is 466. The van der Waals surface area contributed by atoms with Crippen LogP contribution in [-0.2, 0) is 11.2 Å². The first-order valence-corrected chi connectivity index (χ1v) is 7.11. The van der Waals surface area contributed by atoms with Crippen molar-refractivity contribution in [3.8, 4) is 0 Å². The number of anilines is 1. The van der Waals surface area contributed by atoms with Crippen LogP contribution in [0.5, 0.6) is 0 Å². The summed E-state index contributed by atoms with van der Waals surface area (Å²) in [7, 11) is 0. The first kappa shape index (κ1) is 11.8. The van der Waals surface area contributed by atoms with Gasteiger partial charge in [-0.25, -0.2) is 0 Å². The zero-order chi connectivity index (χ0) is 12.5. The van der Waals surface area contributed by atoms with Gasteiger partial charge in [0.2, 0.25) is 0 Å². The molecule has 2 aliphatic rings. The van der Waals surface area contributed by atoms with E-state index in [0.717, 1.165) is 32.4 Å². The van der Waals surface area contributed by atoms with Gasteiger partial charge in [0.15, 0.2) is 0 Å². The van der Waals surface area contributed by atoms with Gasteiger partial charge in [-0.05, 0) is 44.2 Å². The highest BCUT2D eigenvalue weighted by Crippen LogP contribution is 2.31. The fourth-order valence-corrected chi connectivity index (χ4v) is 3.34. The minimum Gasteiger partial charge on any atom is -0.371 e. The first-order chi connectivity index (χ1) is 8.74. The lowest BCUT2D eigenvalue weighted by Gasteiger charge is -2.33. The normalized spacial score (nSPS) is 23.3. The number of carbonyl (C=O) groups is 1. The Morgan fingerprint density at radius 1 is 1.28 bits per heavy atom. The molecule has 1 saturated carbocycles. The third-order valence-electron chi connectivity index (χ3n) is 4.32. The van der Waals surface area contributed by atoms with Crippen LogP contribution in [0.3, 0.4) is 0 Å². The second-order valence-corrected chi connectivity index (χ2v) is 5.74. The van der Waals surface area contributed by atoms with E-state index in [4.69, 9.17) is 0 Å². The van der Waals surface area contributed by atoms with E-state index in [9.17, 15) is 4.79 Å². The molecule has 0 spiro atoms. The molecule has 1 unspecified atom stereocenters. The molecule has 2 heteroatoms. The maximum absolute atomic E-state index is 11.8. The average Bonchev–Trinajstić information content (AvgIpc) is 2.75. The van der Waals surface area contributed by atoms with Gasteiger partial charge in [0.05, 0.1) is 0 Å². The Morgan fingerprint density at radius 2 is 2.17 bits per heavy atom. The number of hydrogen-bond donors (Lipinski definition) is 0. The molecule has 1 aromatic carbocycles. The molecular formula is C16H21NO. The maximum atomic E-state index is 11.8. The van der Waals surface area contributed by atoms with Crippen molar-refractivity contribution in [1.82, 2.24) is 0 Å². The van der Waals surface area contributed by atoms with Crippen LogP contribution >= 0.6 is 0 Å². The highest BCUT2D eigenvalue weighted by atomic mass is 16.1. The van der Waals surface area contributed by atoms with Gasteiger partial charge in [-0.1, -0.05) is 17.7 Å².